The van der Waals surface area contributed by atoms with E-state index in [0.29, 0.717) is 37.8 Å². The minimum atomic E-state index is -1.00. The third-order valence-corrected chi connectivity index (χ3v) is 4.47. The highest BCUT2D eigenvalue weighted by Gasteiger charge is 2.19. The Morgan fingerprint density at radius 2 is 2.00 bits per heavy atom. The molecular formula is C19H25N3O6. The van der Waals surface area contributed by atoms with Crippen molar-refractivity contribution in [2.45, 2.75) is 6.04 Å². The molecule has 0 saturated carbocycles. The minimum Gasteiger partial charge on any atom is -0.454 e. The molecule has 28 heavy (non-hydrogen) atoms. The van der Waals surface area contributed by atoms with Crippen molar-refractivity contribution in [3.8, 4) is 11.5 Å². The number of fused-ring (bicyclic) bond motifs is 1. The van der Waals surface area contributed by atoms with Crippen molar-refractivity contribution in [1.29, 1.82) is 0 Å². The topological polar surface area (TPSA) is 109 Å². The first-order valence-corrected chi connectivity index (χ1v) is 9.22. The van der Waals surface area contributed by atoms with Gasteiger partial charge in [-0.3, -0.25) is 14.5 Å². The first-order valence-electron chi connectivity index (χ1n) is 9.22. The molecule has 2 heterocycles. The van der Waals surface area contributed by atoms with Gasteiger partial charge in [-0.1, -0.05) is 6.07 Å². The fraction of sp³-hybridized carbons (Fsp3) is 0.474. The Balaban J connectivity index is 1.43. The van der Waals surface area contributed by atoms with Crippen LogP contribution in [0.3, 0.4) is 0 Å². The van der Waals surface area contributed by atoms with Crippen molar-refractivity contribution in [2.75, 3.05) is 52.8 Å². The van der Waals surface area contributed by atoms with Gasteiger partial charge in [-0.25, -0.2) is 0 Å². The van der Waals surface area contributed by atoms with Crippen LogP contribution in [-0.2, 0) is 14.3 Å². The van der Waals surface area contributed by atoms with Crippen LogP contribution in [0.5, 0.6) is 11.5 Å². The number of amides is 2. The molecule has 0 radical (unpaired) electrons. The zero-order valence-electron chi connectivity index (χ0n) is 15.6. The lowest BCUT2D eigenvalue weighted by Gasteiger charge is -2.26. The van der Waals surface area contributed by atoms with E-state index >= 15 is 0 Å². The van der Waals surface area contributed by atoms with Crippen molar-refractivity contribution in [1.82, 2.24) is 15.5 Å². The maximum Gasteiger partial charge on any atom is 0.245 e. The molecule has 0 bridgehead atoms. The second kappa shape index (κ2) is 10.1. The highest BCUT2D eigenvalue weighted by atomic mass is 16.7. The van der Waals surface area contributed by atoms with Crippen LogP contribution in [0.4, 0.5) is 0 Å². The molecule has 1 unspecified atom stereocenters. The summed E-state index contributed by atoms with van der Waals surface area (Å²) in [6.45, 7) is 3.90. The van der Waals surface area contributed by atoms with E-state index in [1.54, 1.807) is 24.3 Å². The van der Waals surface area contributed by atoms with Gasteiger partial charge < -0.3 is 30.0 Å². The molecule has 0 aromatic heterocycles. The highest BCUT2D eigenvalue weighted by molar-refractivity contribution is 5.95. The number of ether oxygens (including phenoxy) is 3. The summed E-state index contributed by atoms with van der Waals surface area (Å²) >= 11 is 0. The minimum absolute atomic E-state index is 0.182. The van der Waals surface area contributed by atoms with Crippen molar-refractivity contribution in [3.05, 3.63) is 29.8 Å². The lowest BCUT2D eigenvalue weighted by Crippen LogP contribution is -2.50. The Labute approximate surface area is 163 Å². The number of hydrogen-bond acceptors (Lipinski definition) is 7. The average Bonchev–Trinajstić information content (AvgIpc) is 3.19. The summed E-state index contributed by atoms with van der Waals surface area (Å²) in [5.74, 6) is 0.395. The summed E-state index contributed by atoms with van der Waals surface area (Å²) in [5, 5.41) is 14.7. The fourth-order valence-corrected chi connectivity index (χ4v) is 2.89. The third-order valence-electron chi connectivity index (χ3n) is 4.47. The summed E-state index contributed by atoms with van der Waals surface area (Å²) in [5.41, 5.74) is 0.759. The maximum atomic E-state index is 12.2. The summed E-state index contributed by atoms with van der Waals surface area (Å²) in [7, 11) is 0. The quantitative estimate of drug-likeness (QED) is 0.506. The van der Waals surface area contributed by atoms with Crippen molar-refractivity contribution in [2.24, 2.45) is 0 Å². The Kier molecular flexibility index (Phi) is 7.24. The van der Waals surface area contributed by atoms with Gasteiger partial charge in [-0.15, -0.1) is 0 Å². The first-order chi connectivity index (χ1) is 13.7. The highest BCUT2D eigenvalue weighted by Crippen LogP contribution is 2.32. The zero-order chi connectivity index (χ0) is 19.8. The number of nitrogens with one attached hydrogen (secondary N) is 2. The molecule has 1 saturated heterocycles. The van der Waals surface area contributed by atoms with Crippen molar-refractivity contribution in [3.63, 3.8) is 0 Å². The molecule has 2 amide bonds. The zero-order valence-corrected chi connectivity index (χ0v) is 15.6. The van der Waals surface area contributed by atoms with Crippen LogP contribution in [-0.4, -0.2) is 80.7 Å². The van der Waals surface area contributed by atoms with Gasteiger partial charge in [0.2, 0.25) is 18.6 Å². The van der Waals surface area contributed by atoms with Crippen LogP contribution in [0.1, 0.15) is 5.56 Å². The molecule has 1 atom stereocenters. The molecule has 1 aromatic rings. The van der Waals surface area contributed by atoms with E-state index in [1.807, 2.05) is 0 Å². The van der Waals surface area contributed by atoms with Crippen LogP contribution in [0.15, 0.2) is 24.3 Å². The van der Waals surface area contributed by atoms with E-state index in [1.165, 1.54) is 6.08 Å². The van der Waals surface area contributed by atoms with Gasteiger partial charge in [-0.2, -0.15) is 0 Å². The number of benzene rings is 1. The van der Waals surface area contributed by atoms with Gasteiger partial charge in [-0.05, 0) is 23.8 Å². The molecule has 152 valence electrons. The van der Waals surface area contributed by atoms with Crippen LogP contribution >= 0.6 is 0 Å². The smallest absolute Gasteiger partial charge is 0.245 e. The molecule has 2 aliphatic heterocycles. The number of rotatable bonds is 8. The predicted molar refractivity (Wildman–Crippen MR) is 101 cm³/mol. The second-order valence-electron chi connectivity index (χ2n) is 6.43. The molecular weight excluding hydrogens is 366 g/mol. The van der Waals surface area contributed by atoms with Crippen molar-refractivity contribution < 1.29 is 28.9 Å². The predicted octanol–water partition coefficient (Wildman–Crippen LogP) is -0.646. The van der Waals surface area contributed by atoms with Gasteiger partial charge in [0.15, 0.2) is 11.5 Å². The van der Waals surface area contributed by atoms with Gasteiger partial charge >= 0.3 is 0 Å². The Morgan fingerprint density at radius 3 is 2.79 bits per heavy atom. The number of carbonyl (C=O) groups is 2. The van der Waals surface area contributed by atoms with Crippen LogP contribution in [0.2, 0.25) is 0 Å². The molecule has 0 spiro atoms. The molecule has 1 fully saturated rings. The van der Waals surface area contributed by atoms with Gasteiger partial charge in [0.05, 0.1) is 19.8 Å². The Hall–Kier alpha value is -2.62. The Bertz CT molecular complexity index is 718. The summed E-state index contributed by atoms with van der Waals surface area (Å²) in [6, 6.07) is 4.31. The normalized spacial score (nSPS) is 17.5. The summed E-state index contributed by atoms with van der Waals surface area (Å²) in [4.78, 5) is 26.4. The fourth-order valence-electron chi connectivity index (χ4n) is 2.89. The van der Waals surface area contributed by atoms with E-state index in [0.717, 1.165) is 18.7 Å². The number of morpholine rings is 1. The monoisotopic (exact) mass is 391 g/mol. The van der Waals surface area contributed by atoms with Crippen LogP contribution < -0.4 is 20.1 Å². The molecule has 3 N–H and O–H groups in total. The maximum absolute atomic E-state index is 12.2. The third kappa shape index (κ3) is 5.69. The number of aliphatic hydroxyl groups excluding tert-OH is 1. The molecule has 3 rings (SSSR count). The van der Waals surface area contributed by atoms with E-state index in [4.69, 9.17) is 14.2 Å². The van der Waals surface area contributed by atoms with E-state index < -0.39 is 24.5 Å². The number of aliphatic hydroxyl groups is 1. The SMILES string of the molecule is O=C(C=Cc1ccc2c(c1)OCO2)NC(CO)C(=O)NCCN1CCOCC1. The standard InChI is InChI=1S/C19H25N3O6/c23-12-15(19(25)20-5-6-22-7-9-26-10-8-22)21-18(24)4-2-14-1-3-16-17(11-14)28-13-27-16/h1-4,11,15,23H,5-10,12-13H2,(H,20,25)(H,21,24). The van der Waals surface area contributed by atoms with Crippen LogP contribution in [0.25, 0.3) is 6.08 Å². The molecule has 1 aromatic carbocycles. The van der Waals surface area contributed by atoms with Gasteiger partial charge in [0.25, 0.3) is 0 Å². The summed E-state index contributed by atoms with van der Waals surface area (Å²) < 4.78 is 15.8. The molecule has 9 nitrogen and oxygen atoms in total. The molecule has 2 aliphatic rings. The second-order valence-corrected chi connectivity index (χ2v) is 6.43. The van der Waals surface area contributed by atoms with Gasteiger partial charge in [0, 0.05) is 32.3 Å². The largest absolute Gasteiger partial charge is 0.454 e. The van der Waals surface area contributed by atoms with Gasteiger partial charge in [0.1, 0.15) is 6.04 Å². The van der Waals surface area contributed by atoms with Crippen molar-refractivity contribution >= 4 is 17.9 Å². The molecule has 0 aliphatic carbocycles. The van der Waals surface area contributed by atoms with E-state index in [2.05, 4.69) is 15.5 Å². The van der Waals surface area contributed by atoms with Crippen LogP contribution in [0, 0.1) is 0 Å². The lowest BCUT2D eigenvalue weighted by atomic mass is 10.2. The van der Waals surface area contributed by atoms with E-state index in [9.17, 15) is 14.7 Å². The first kappa shape index (κ1) is 20.1. The summed E-state index contributed by atoms with van der Waals surface area (Å²) in [6.07, 6.45) is 2.91. The number of nitrogens with zero attached hydrogens (tertiary/aromatic N) is 1. The Morgan fingerprint density at radius 1 is 1.21 bits per heavy atom. The number of hydrogen-bond donors (Lipinski definition) is 3. The average molecular weight is 391 g/mol. The number of carbonyl (C=O) groups excluding carboxylic acids is 2. The molecule has 9 heteroatoms. The lowest BCUT2D eigenvalue weighted by molar-refractivity contribution is -0.128. The van der Waals surface area contributed by atoms with E-state index in [-0.39, 0.29) is 6.79 Å².